The van der Waals surface area contributed by atoms with Crippen molar-refractivity contribution in [3.63, 3.8) is 0 Å². The topological polar surface area (TPSA) is 41.3 Å². The van der Waals surface area contributed by atoms with E-state index in [-0.39, 0.29) is 0 Å². The van der Waals surface area contributed by atoms with Gasteiger partial charge in [-0.1, -0.05) is 0 Å². The average molecular weight is 129 g/mol. The van der Waals surface area contributed by atoms with Crippen molar-refractivity contribution in [1.82, 2.24) is 10.3 Å². The molecule has 0 aromatic carbocycles. The Kier molecular flexibility index (Phi) is 2.45. The molecule has 3 nitrogen and oxygen atoms in total. The highest BCUT2D eigenvalue weighted by Gasteiger charge is 2.19. The maximum Gasteiger partial charge on any atom is 0.0254 e. The van der Waals surface area contributed by atoms with E-state index in [9.17, 15) is 0 Å². The van der Waals surface area contributed by atoms with E-state index in [1.165, 1.54) is 19.4 Å². The second-order valence-corrected chi connectivity index (χ2v) is 2.68. The van der Waals surface area contributed by atoms with E-state index in [1.807, 2.05) is 0 Å². The molecule has 0 aromatic heterocycles. The van der Waals surface area contributed by atoms with Gasteiger partial charge in [0.1, 0.15) is 0 Å². The second-order valence-electron chi connectivity index (χ2n) is 2.68. The van der Waals surface area contributed by atoms with Crippen molar-refractivity contribution in [3.8, 4) is 0 Å². The molecule has 0 radical (unpaired) electrons. The Hall–Kier alpha value is -0.120. The number of nitrogens with zero attached hydrogens (tertiary/aromatic N) is 1. The number of hydrazine groups is 1. The fourth-order valence-corrected chi connectivity index (χ4v) is 1.37. The standard InChI is InChI=1S/C6H15N3/c1-9-4-2-3-6(9)5-8-7/h6,8H,2-5,7H2,1H3/t6-/m0/s1. The van der Waals surface area contributed by atoms with Crippen LogP contribution in [0, 0.1) is 0 Å². The summed E-state index contributed by atoms with van der Waals surface area (Å²) in [6.07, 6.45) is 2.61. The fraction of sp³-hybridized carbons (Fsp3) is 1.00. The van der Waals surface area contributed by atoms with Crippen LogP contribution in [-0.2, 0) is 0 Å². The zero-order valence-electron chi connectivity index (χ0n) is 5.93. The van der Waals surface area contributed by atoms with E-state index in [2.05, 4.69) is 17.4 Å². The molecule has 0 unspecified atom stereocenters. The Morgan fingerprint density at radius 2 is 2.56 bits per heavy atom. The third-order valence-corrected chi connectivity index (χ3v) is 2.02. The number of rotatable bonds is 2. The molecular weight excluding hydrogens is 114 g/mol. The van der Waals surface area contributed by atoms with Crippen LogP contribution >= 0.6 is 0 Å². The van der Waals surface area contributed by atoms with Crippen LogP contribution in [0.5, 0.6) is 0 Å². The molecule has 0 aromatic rings. The first-order chi connectivity index (χ1) is 4.34. The van der Waals surface area contributed by atoms with Crippen molar-refractivity contribution < 1.29 is 0 Å². The van der Waals surface area contributed by atoms with Gasteiger partial charge in [-0.05, 0) is 26.4 Å². The number of hydrogen-bond donors (Lipinski definition) is 2. The molecule has 1 heterocycles. The summed E-state index contributed by atoms with van der Waals surface area (Å²) < 4.78 is 0. The smallest absolute Gasteiger partial charge is 0.0254 e. The van der Waals surface area contributed by atoms with Gasteiger partial charge in [0.25, 0.3) is 0 Å². The predicted octanol–water partition coefficient (Wildman–Crippen LogP) is -0.456. The quantitative estimate of drug-likeness (QED) is 0.392. The van der Waals surface area contributed by atoms with Crippen LogP contribution in [0.3, 0.4) is 0 Å². The van der Waals surface area contributed by atoms with Crippen molar-refractivity contribution in [2.45, 2.75) is 18.9 Å². The van der Waals surface area contributed by atoms with Gasteiger partial charge in [0.15, 0.2) is 0 Å². The van der Waals surface area contributed by atoms with E-state index in [4.69, 9.17) is 5.84 Å². The normalized spacial score (nSPS) is 29.3. The SMILES string of the molecule is CN1CCC[C@H]1CNN. The summed E-state index contributed by atoms with van der Waals surface area (Å²) in [6.45, 7) is 2.16. The minimum atomic E-state index is 0.676. The molecule has 0 aliphatic carbocycles. The van der Waals surface area contributed by atoms with Crippen molar-refractivity contribution >= 4 is 0 Å². The maximum absolute atomic E-state index is 5.19. The lowest BCUT2D eigenvalue weighted by Gasteiger charge is -2.17. The third kappa shape index (κ3) is 1.64. The highest BCUT2D eigenvalue weighted by Crippen LogP contribution is 2.12. The van der Waals surface area contributed by atoms with Gasteiger partial charge in [0.05, 0.1) is 0 Å². The first-order valence-electron chi connectivity index (χ1n) is 3.48. The second kappa shape index (κ2) is 3.15. The molecule has 9 heavy (non-hydrogen) atoms. The maximum atomic E-state index is 5.19. The average Bonchev–Trinajstić information content (AvgIpc) is 2.18. The number of likely N-dealkylation sites (tertiary alicyclic amines) is 1. The Bertz CT molecular complexity index is 84.4. The fourth-order valence-electron chi connectivity index (χ4n) is 1.37. The summed E-state index contributed by atoms with van der Waals surface area (Å²) in [5.74, 6) is 5.19. The van der Waals surface area contributed by atoms with Gasteiger partial charge in [-0.2, -0.15) is 0 Å². The number of likely N-dealkylation sites (N-methyl/N-ethyl adjacent to an activating group) is 1. The molecule has 1 aliphatic rings. The van der Waals surface area contributed by atoms with E-state index >= 15 is 0 Å². The third-order valence-electron chi connectivity index (χ3n) is 2.02. The molecule has 0 bridgehead atoms. The monoisotopic (exact) mass is 129 g/mol. The van der Waals surface area contributed by atoms with E-state index in [0.717, 1.165) is 6.54 Å². The van der Waals surface area contributed by atoms with Crippen molar-refractivity contribution in [2.75, 3.05) is 20.1 Å². The van der Waals surface area contributed by atoms with Gasteiger partial charge in [0.2, 0.25) is 0 Å². The summed E-state index contributed by atoms with van der Waals surface area (Å²) in [4.78, 5) is 2.35. The Labute approximate surface area is 56.2 Å². The lowest BCUT2D eigenvalue weighted by atomic mass is 10.2. The molecule has 0 amide bonds. The Morgan fingerprint density at radius 3 is 3.00 bits per heavy atom. The Balaban J connectivity index is 2.22. The summed E-state index contributed by atoms with van der Waals surface area (Å²) in [7, 11) is 2.15. The van der Waals surface area contributed by atoms with Crippen LogP contribution in [0.25, 0.3) is 0 Å². The molecule has 1 atom stereocenters. The zero-order chi connectivity index (χ0) is 6.69. The molecule has 1 saturated heterocycles. The molecule has 3 N–H and O–H groups in total. The largest absolute Gasteiger partial charge is 0.302 e. The molecule has 1 fully saturated rings. The van der Waals surface area contributed by atoms with Crippen LogP contribution in [0.4, 0.5) is 0 Å². The number of nitrogens with two attached hydrogens (primary N) is 1. The highest BCUT2D eigenvalue weighted by molar-refractivity contribution is 4.76. The van der Waals surface area contributed by atoms with E-state index in [1.54, 1.807) is 0 Å². The molecule has 3 heteroatoms. The predicted molar refractivity (Wildman–Crippen MR) is 37.8 cm³/mol. The zero-order valence-corrected chi connectivity index (χ0v) is 5.93. The van der Waals surface area contributed by atoms with Gasteiger partial charge in [-0.15, -0.1) is 0 Å². The summed E-state index contributed by atoms with van der Waals surface area (Å²) in [6, 6.07) is 0.676. The van der Waals surface area contributed by atoms with Crippen molar-refractivity contribution in [2.24, 2.45) is 5.84 Å². The molecule has 0 spiro atoms. The summed E-state index contributed by atoms with van der Waals surface area (Å²) in [5.41, 5.74) is 2.70. The van der Waals surface area contributed by atoms with Crippen LogP contribution in [0.2, 0.25) is 0 Å². The first-order valence-corrected chi connectivity index (χ1v) is 3.48. The van der Waals surface area contributed by atoms with Gasteiger partial charge >= 0.3 is 0 Å². The van der Waals surface area contributed by atoms with Gasteiger partial charge in [-0.25, -0.2) is 0 Å². The minimum absolute atomic E-state index is 0.676. The lowest BCUT2D eigenvalue weighted by Crippen LogP contribution is -2.38. The van der Waals surface area contributed by atoms with Gasteiger partial charge in [0, 0.05) is 12.6 Å². The Morgan fingerprint density at radius 1 is 1.78 bits per heavy atom. The van der Waals surface area contributed by atoms with Crippen LogP contribution in [0.15, 0.2) is 0 Å². The van der Waals surface area contributed by atoms with Crippen LogP contribution in [-0.4, -0.2) is 31.1 Å². The molecule has 1 aliphatic heterocycles. The molecule has 54 valence electrons. The summed E-state index contributed by atoms with van der Waals surface area (Å²) >= 11 is 0. The molecule has 0 saturated carbocycles. The van der Waals surface area contributed by atoms with Gasteiger partial charge in [-0.3, -0.25) is 11.3 Å². The first kappa shape index (κ1) is 6.99. The van der Waals surface area contributed by atoms with Crippen LogP contribution < -0.4 is 11.3 Å². The van der Waals surface area contributed by atoms with Crippen molar-refractivity contribution in [1.29, 1.82) is 0 Å². The molecule has 1 rings (SSSR count). The van der Waals surface area contributed by atoms with E-state index in [0.29, 0.717) is 6.04 Å². The lowest BCUT2D eigenvalue weighted by molar-refractivity contribution is 0.302. The van der Waals surface area contributed by atoms with E-state index < -0.39 is 0 Å². The number of hydrogen-bond acceptors (Lipinski definition) is 3. The number of nitrogens with one attached hydrogen (secondary N) is 1. The van der Waals surface area contributed by atoms with Crippen LogP contribution in [0.1, 0.15) is 12.8 Å². The van der Waals surface area contributed by atoms with Gasteiger partial charge < -0.3 is 4.90 Å². The van der Waals surface area contributed by atoms with Crippen molar-refractivity contribution in [3.05, 3.63) is 0 Å². The summed E-state index contributed by atoms with van der Waals surface area (Å²) in [5, 5.41) is 0. The molecular formula is C6H15N3. The minimum Gasteiger partial charge on any atom is -0.302 e. The highest BCUT2D eigenvalue weighted by atomic mass is 15.3.